The summed E-state index contributed by atoms with van der Waals surface area (Å²) in [6, 6.07) is 7.38. The molecule has 0 aromatic heterocycles. The Hall–Kier alpha value is -1.70. The molecule has 0 N–H and O–H groups in total. The lowest BCUT2D eigenvalue weighted by atomic mass is 10.1. The van der Waals surface area contributed by atoms with Gasteiger partial charge in [-0.05, 0) is 12.0 Å². The van der Waals surface area contributed by atoms with Crippen molar-refractivity contribution in [2.45, 2.75) is 6.42 Å². The van der Waals surface area contributed by atoms with E-state index in [1.165, 1.54) is 0 Å². The normalized spacial score (nSPS) is 10.6. The SMILES string of the molecule is COCCOCCOCCc1ccc([N+]#N)cc1.F[B-](F)(F)F. The fourth-order valence-electron chi connectivity index (χ4n) is 1.38. The van der Waals surface area contributed by atoms with Crippen molar-refractivity contribution >= 4 is 12.9 Å². The summed E-state index contributed by atoms with van der Waals surface area (Å²) in [4.78, 5) is 3.10. The first kappa shape index (κ1) is 21.3. The van der Waals surface area contributed by atoms with Crippen LogP contribution in [0.5, 0.6) is 0 Å². The van der Waals surface area contributed by atoms with Crippen LogP contribution in [0.2, 0.25) is 0 Å². The lowest BCUT2D eigenvalue weighted by Crippen LogP contribution is -2.09. The van der Waals surface area contributed by atoms with Crippen molar-refractivity contribution in [1.82, 2.24) is 0 Å². The van der Waals surface area contributed by atoms with Crippen molar-refractivity contribution in [2.75, 3.05) is 40.1 Å². The minimum Gasteiger partial charge on any atom is -0.418 e. The van der Waals surface area contributed by atoms with E-state index in [2.05, 4.69) is 4.98 Å². The summed E-state index contributed by atoms with van der Waals surface area (Å²) < 4.78 is 54.6. The molecule has 5 nitrogen and oxygen atoms in total. The van der Waals surface area contributed by atoms with Gasteiger partial charge in [-0.2, -0.15) is 0 Å². The van der Waals surface area contributed by atoms with E-state index in [0.29, 0.717) is 38.7 Å². The number of halogens is 4. The Balaban J connectivity index is 0.000000841. The second kappa shape index (κ2) is 12.8. The first-order chi connectivity index (χ1) is 10.9. The summed E-state index contributed by atoms with van der Waals surface area (Å²) >= 11 is 0. The maximum atomic E-state index is 9.75. The molecule has 0 spiro atoms. The molecule has 0 heterocycles. The Kier molecular flexibility index (Phi) is 11.9. The third-order valence-corrected chi connectivity index (χ3v) is 2.39. The van der Waals surface area contributed by atoms with Gasteiger partial charge in [0, 0.05) is 19.2 Å². The molecule has 0 saturated carbocycles. The molecule has 1 rings (SSSR count). The van der Waals surface area contributed by atoms with Crippen LogP contribution >= 0.6 is 0 Å². The monoisotopic (exact) mass is 338 g/mol. The fraction of sp³-hybridized carbons (Fsp3) is 0.538. The Labute approximate surface area is 132 Å². The van der Waals surface area contributed by atoms with E-state index in [9.17, 15) is 17.3 Å². The maximum absolute atomic E-state index is 9.75. The molecule has 0 aliphatic carbocycles. The Morgan fingerprint density at radius 1 is 0.913 bits per heavy atom. The Morgan fingerprint density at radius 3 is 1.87 bits per heavy atom. The largest absolute Gasteiger partial charge is 0.673 e. The van der Waals surface area contributed by atoms with Crippen LogP contribution in [-0.4, -0.2) is 47.4 Å². The maximum Gasteiger partial charge on any atom is 0.673 e. The summed E-state index contributed by atoms with van der Waals surface area (Å²) in [7, 11) is -4.35. The number of nitrogens with zero attached hydrogens (tertiary/aromatic N) is 2. The molecule has 130 valence electrons. The van der Waals surface area contributed by atoms with Crippen LogP contribution in [0.4, 0.5) is 23.0 Å². The van der Waals surface area contributed by atoms with Gasteiger partial charge in [0.2, 0.25) is 5.39 Å². The number of methoxy groups -OCH3 is 1. The third-order valence-electron chi connectivity index (χ3n) is 2.39. The standard InChI is InChI=1S/C13H19N2O3.BF4/c1-16-8-9-18-11-10-17-7-6-12-2-4-13(15-14)5-3-12;2-1(3,4)5/h2-5H,6-11H2,1H3;/q+1;-1. The van der Waals surface area contributed by atoms with Gasteiger partial charge in [-0.15, -0.1) is 0 Å². The zero-order valence-corrected chi connectivity index (χ0v) is 12.8. The minimum atomic E-state index is -6.00. The Morgan fingerprint density at radius 2 is 1.39 bits per heavy atom. The Bertz CT molecular complexity index is 446. The lowest BCUT2D eigenvalue weighted by molar-refractivity contribution is 0.0255. The van der Waals surface area contributed by atoms with E-state index in [1.54, 1.807) is 19.2 Å². The summed E-state index contributed by atoms with van der Waals surface area (Å²) in [6.45, 7) is 3.05. The molecule has 0 unspecified atom stereocenters. The third kappa shape index (κ3) is 16.5. The van der Waals surface area contributed by atoms with Crippen molar-refractivity contribution in [3.05, 3.63) is 34.8 Å². The first-order valence-corrected chi connectivity index (χ1v) is 6.82. The van der Waals surface area contributed by atoms with Gasteiger partial charge >= 0.3 is 12.9 Å². The van der Waals surface area contributed by atoms with Gasteiger partial charge < -0.3 is 31.5 Å². The summed E-state index contributed by atoms with van der Waals surface area (Å²) in [5.41, 5.74) is 1.72. The molecule has 0 amide bonds. The molecule has 0 bridgehead atoms. The predicted octanol–water partition coefficient (Wildman–Crippen LogP) is 3.69. The molecule has 0 saturated heterocycles. The average molecular weight is 338 g/mol. The second-order valence-electron chi connectivity index (χ2n) is 4.23. The zero-order chi connectivity index (χ0) is 17.6. The van der Waals surface area contributed by atoms with Gasteiger partial charge in [-0.25, -0.2) is 0 Å². The highest BCUT2D eigenvalue weighted by Gasteiger charge is 2.20. The highest BCUT2D eigenvalue weighted by molar-refractivity contribution is 6.50. The molecule has 0 radical (unpaired) electrons. The predicted molar refractivity (Wildman–Crippen MR) is 78.6 cm³/mol. The van der Waals surface area contributed by atoms with E-state index >= 15 is 0 Å². The summed E-state index contributed by atoms with van der Waals surface area (Å²) in [5, 5.41) is 8.54. The van der Waals surface area contributed by atoms with Crippen molar-refractivity contribution in [2.24, 2.45) is 0 Å². The number of hydrogen-bond acceptors (Lipinski definition) is 4. The van der Waals surface area contributed by atoms with Gasteiger partial charge in [-0.1, -0.05) is 12.1 Å². The fourth-order valence-corrected chi connectivity index (χ4v) is 1.38. The molecule has 0 fully saturated rings. The molecule has 0 aliphatic rings. The van der Waals surface area contributed by atoms with E-state index in [0.717, 1.165) is 12.0 Å². The average Bonchev–Trinajstić information content (AvgIpc) is 2.49. The van der Waals surface area contributed by atoms with Crippen LogP contribution in [-0.2, 0) is 20.6 Å². The van der Waals surface area contributed by atoms with Crippen LogP contribution in [0.1, 0.15) is 5.56 Å². The van der Waals surface area contributed by atoms with E-state index in [-0.39, 0.29) is 0 Å². The quantitative estimate of drug-likeness (QED) is 0.298. The number of benzene rings is 1. The van der Waals surface area contributed by atoms with Crippen LogP contribution in [0.15, 0.2) is 24.3 Å². The van der Waals surface area contributed by atoms with E-state index in [4.69, 9.17) is 19.6 Å². The lowest BCUT2D eigenvalue weighted by Gasteiger charge is -2.05. The molecule has 23 heavy (non-hydrogen) atoms. The van der Waals surface area contributed by atoms with Gasteiger partial charge in [0.05, 0.1) is 33.0 Å². The molecule has 0 aliphatic heterocycles. The van der Waals surface area contributed by atoms with Crippen molar-refractivity contribution in [3.8, 4) is 0 Å². The highest BCUT2D eigenvalue weighted by atomic mass is 19.5. The highest BCUT2D eigenvalue weighted by Crippen LogP contribution is 2.12. The molecule has 0 atom stereocenters. The van der Waals surface area contributed by atoms with E-state index < -0.39 is 7.25 Å². The van der Waals surface area contributed by atoms with Crippen molar-refractivity contribution in [3.63, 3.8) is 0 Å². The van der Waals surface area contributed by atoms with Crippen molar-refractivity contribution in [1.29, 1.82) is 5.39 Å². The second-order valence-corrected chi connectivity index (χ2v) is 4.23. The van der Waals surface area contributed by atoms with E-state index in [1.807, 2.05) is 12.1 Å². The molecule has 1 aromatic carbocycles. The number of rotatable bonds is 9. The van der Waals surface area contributed by atoms with Crippen LogP contribution in [0.3, 0.4) is 0 Å². The topological polar surface area (TPSA) is 55.8 Å². The molecular weight excluding hydrogens is 319 g/mol. The van der Waals surface area contributed by atoms with Crippen molar-refractivity contribution < 1.29 is 31.5 Å². The van der Waals surface area contributed by atoms with Gasteiger partial charge in [-0.3, -0.25) is 0 Å². The minimum absolute atomic E-state index is 0.561. The number of ether oxygens (including phenoxy) is 3. The molecule has 10 heteroatoms. The van der Waals surface area contributed by atoms with Crippen LogP contribution in [0.25, 0.3) is 4.98 Å². The van der Waals surface area contributed by atoms with Gasteiger partial charge in [0.1, 0.15) is 0 Å². The van der Waals surface area contributed by atoms with Crippen LogP contribution in [0, 0.1) is 5.39 Å². The molecule has 1 aromatic rings. The van der Waals surface area contributed by atoms with Crippen LogP contribution < -0.4 is 0 Å². The smallest absolute Gasteiger partial charge is 0.418 e. The molecular formula is C13H19BF4N2O3. The summed E-state index contributed by atoms with van der Waals surface area (Å²) in [5.74, 6) is 0. The first-order valence-electron chi connectivity index (χ1n) is 6.82. The summed E-state index contributed by atoms with van der Waals surface area (Å²) in [6.07, 6.45) is 0.837. The van der Waals surface area contributed by atoms with Gasteiger partial charge in [0.15, 0.2) is 4.98 Å². The van der Waals surface area contributed by atoms with Gasteiger partial charge in [0.25, 0.3) is 0 Å². The number of hydrogen-bond donors (Lipinski definition) is 0. The number of diazo groups is 1. The zero-order valence-electron chi connectivity index (χ0n) is 12.8.